The van der Waals surface area contributed by atoms with Crippen molar-refractivity contribution in [3.8, 4) is 40.6 Å². The number of ether oxygens (including phenoxy) is 2. The van der Waals surface area contributed by atoms with E-state index in [-0.39, 0.29) is 42.1 Å². The molecule has 0 aliphatic carbocycles. The maximum atomic E-state index is 6.56. The topological polar surface area (TPSA) is 84.8 Å². The number of hydrogen-bond donors (Lipinski definition) is 0. The molecule has 12 aromatic rings. The van der Waals surface area contributed by atoms with Gasteiger partial charge in [-0.2, -0.15) is 35.0 Å². The molecule has 306 valence electrons. The second-order valence-electron chi connectivity index (χ2n) is 14.7. The van der Waals surface area contributed by atoms with E-state index >= 15 is 0 Å². The predicted octanol–water partition coefficient (Wildman–Crippen LogP) is 11.9. The van der Waals surface area contributed by atoms with E-state index in [1.54, 1.807) is 12.4 Å². The molecule has 9 nitrogen and oxygen atoms in total. The van der Waals surface area contributed by atoms with Gasteiger partial charge in [-0.05, 0) is 59.2 Å². The SMILES string of the molecule is CCc1cnc(-n2c3[c-]c(Oc4[c-]c5c(cc4)c4ccccc4n5-c4ccccn4)ccc3c3ccc(Oc4[c-]c5c(cc4)c4ccccc4n5-c4ccccn4)[c-]c32)nc1.[Pt+2].[Pt+2]. The van der Waals surface area contributed by atoms with Gasteiger partial charge in [-0.15, -0.1) is 59.3 Å². The molecule has 6 heterocycles. The van der Waals surface area contributed by atoms with Crippen molar-refractivity contribution in [3.63, 3.8) is 0 Å². The summed E-state index contributed by atoms with van der Waals surface area (Å²) in [7, 11) is 0. The van der Waals surface area contributed by atoms with Crippen LogP contribution >= 0.6 is 0 Å². The summed E-state index contributed by atoms with van der Waals surface area (Å²) < 4.78 is 19.3. The number of pyridine rings is 2. The second kappa shape index (κ2) is 16.4. The largest absolute Gasteiger partial charge is 2.00 e. The third-order valence-corrected chi connectivity index (χ3v) is 11.1. The van der Waals surface area contributed by atoms with E-state index in [9.17, 15) is 0 Å². The van der Waals surface area contributed by atoms with Crippen LogP contribution in [0.3, 0.4) is 0 Å². The Morgan fingerprint density at radius 1 is 0.413 bits per heavy atom. The summed E-state index contributed by atoms with van der Waals surface area (Å²) in [4.78, 5) is 19.0. The van der Waals surface area contributed by atoms with Gasteiger partial charge in [0.15, 0.2) is 0 Å². The van der Waals surface area contributed by atoms with Crippen molar-refractivity contribution < 1.29 is 51.6 Å². The van der Waals surface area contributed by atoms with Crippen LogP contribution in [0.4, 0.5) is 0 Å². The Morgan fingerprint density at radius 2 is 0.794 bits per heavy atom. The minimum Gasteiger partial charge on any atom is -0.509 e. The summed E-state index contributed by atoms with van der Waals surface area (Å²) in [5.74, 6) is 4.22. The Morgan fingerprint density at radius 3 is 1.19 bits per heavy atom. The normalized spacial score (nSPS) is 11.4. The van der Waals surface area contributed by atoms with Gasteiger partial charge >= 0.3 is 42.1 Å². The standard InChI is InChI=1S/C52H31N7O2.2Pt/c1-2-33-31-55-52(56-32-33)59-48-29-36(60-34-17-21-40-38-11-3-5-13-44(38)57(46(40)27-34)50-15-7-9-25-53-50)19-23-42(48)43-24-20-37(30-49(43)59)61-35-18-22-41-39-12-4-6-14-45(39)58(47(41)28-35)51-16-8-10-26-54-51;;/h3-26,31-32H,2H2,1H3;;/q-4;2*+2. The van der Waals surface area contributed by atoms with E-state index in [1.807, 2.05) is 114 Å². The van der Waals surface area contributed by atoms with Crippen LogP contribution in [0.5, 0.6) is 23.0 Å². The molecule has 0 saturated heterocycles. The Bertz CT molecular complexity index is 3430. The average molecular weight is 1180 g/mol. The van der Waals surface area contributed by atoms with Gasteiger partial charge in [0.2, 0.25) is 5.95 Å². The first-order valence-electron chi connectivity index (χ1n) is 20.0. The van der Waals surface area contributed by atoms with Gasteiger partial charge in [0.1, 0.15) is 11.6 Å². The minimum absolute atomic E-state index is 0. The first kappa shape index (κ1) is 40.2. The Labute approximate surface area is 390 Å². The number of fused-ring (bicyclic) bond motifs is 9. The Balaban J connectivity index is 0.00000236. The number of aromatic nitrogens is 7. The van der Waals surface area contributed by atoms with Crippen molar-refractivity contribution in [2.75, 3.05) is 0 Å². The molecule has 12 rings (SSSR count). The van der Waals surface area contributed by atoms with E-state index in [1.165, 1.54) is 0 Å². The van der Waals surface area contributed by atoms with Crippen molar-refractivity contribution in [2.45, 2.75) is 13.3 Å². The Hall–Kier alpha value is -6.92. The number of hydrogen-bond acceptors (Lipinski definition) is 6. The molecule has 0 amide bonds. The molecule has 11 heteroatoms. The smallest absolute Gasteiger partial charge is 0.509 e. The van der Waals surface area contributed by atoms with Crippen LogP contribution in [-0.4, -0.2) is 33.6 Å². The first-order chi connectivity index (χ1) is 30.2. The van der Waals surface area contributed by atoms with Gasteiger partial charge < -0.3 is 23.2 Å². The van der Waals surface area contributed by atoms with Crippen LogP contribution in [0.15, 0.2) is 158 Å². The molecule has 0 unspecified atom stereocenters. The summed E-state index contributed by atoms with van der Waals surface area (Å²) in [6.07, 6.45) is 8.14. The van der Waals surface area contributed by atoms with Crippen molar-refractivity contribution in [1.29, 1.82) is 0 Å². The van der Waals surface area contributed by atoms with Crippen LogP contribution in [0, 0.1) is 24.3 Å². The van der Waals surface area contributed by atoms with Crippen LogP contribution in [0.2, 0.25) is 0 Å². The molecule has 6 aromatic carbocycles. The van der Waals surface area contributed by atoms with Crippen LogP contribution in [0.25, 0.3) is 83.0 Å². The van der Waals surface area contributed by atoms with Gasteiger partial charge in [-0.3, -0.25) is 0 Å². The van der Waals surface area contributed by atoms with Crippen molar-refractivity contribution in [2.24, 2.45) is 0 Å². The predicted molar refractivity (Wildman–Crippen MR) is 238 cm³/mol. The third kappa shape index (κ3) is 6.80. The molecule has 0 spiro atoms. The zero-order valence-electron chi connectivity index (χ0n) is 33.3. The van der Waals surface area contributed by atoms with Crippen LogP contribution < -0.4 is 9.47 Å². The minimum atomic E-state index is 0. The maximum absolute atomic E-state index is 6.56. The average Bonchev–Trinajstić information content (AvgIpc) is 3.94. The zero-order chi connectivity index (χ0) is 40.4. The van der Waals surface area contributed by atoms with Gasteiger partial charge in [0, 0.05) is 58.8 Å². The van der Waals surface area contributed by atoms with Crippen molar-refractivity contribution in [3.05, 3.63) is 188 Å². The summed E-state index contributed by atoms with van der Waals surface area (Å²) >= 11 is 0. The molecule has 63 heavy (non-hydrogen) atoms. The molecule has 0 atom stereocenters. The fourth-order valence-corrected chi connectivity index (χ4v) is 8.34. The monoisotopic (exact) mass is 1180 g/mol. The van der Waals surface area contributed by atoms with Gasteiger partial charge in [-0.1, -0.05) is 77.5 Å². The van der Waals surface area contributed by atoms with E-state index in [0.717, 1.165) is 89.0 Å². The molecular formula is C52H31N7O2Pt2. The number of benzene rings is 6. The molecule has 6 aromatic heterocycles. The number of nitrogens with zero attached hydrogens (tertiary/aromatic N) is 7. The van der Waals surface area contributed by atoms with Crippen LogP contribution in [-0.2, 0) is 48.6 Å². The molecule has 0 aliphatic heterocycles. The number of rotatable bonds is 8. The maximum Gasteiger partial charge on any atom is 2.00 e. The summed E-state index contributed by atoms with van der Waals surface area (Å²) in [5.41, 5.74) is 6.34. The molecular weight excluding hydrogens is 1140 g/mol. The molecule has 0 N–H and O–H groups in total. The van der Waals surface area contributed by atoms with Crippen molar-refractivity contribution in [1.82, 2.24) is 33.6 Å². The van der Waals surface area contributed by atoms with E-state index in [4.69, 9.17) is 19.4 Å². The van der Waals surface area contributed by atoms with E-state index < -0.39 is 0 Å². The van der Waals surface area contributed by atoms with E-state index in [2.05, 4.69) is 86.7 Å². The third-order valence-electron chi connectivity index (χ3n) is 11.1. The summed E-state index contributed by atoms with van der Waals surface area (Å²) in [5, 5.41) is 6.23. The summed E-state index contributed by atoms with van der Waals surface area (Å²) in [6.45, 7) is 2.09. The number of para-hydroxylation sites is 2. The molecule has 0 bridgehead atoms. The summed E-state index contributed by atoms with van der Waals surface area (Å²) in [6, 6.07) is 58.6. The first-order valence-corrected chi connectivity index (χ1v) is 20.0. The van der Waals surface area contributed by atoms with Crippen molar-refractivity contribution >= 4 is 65.4 Å². The quantitative estimate of drug-likeness (QED) is 0.141. The van der Waals surface area contributed by atoms with Crippen LogP contribution in [0.1, 0.15) is 12.5 Å². The fraction of sp³-hybridized carbons (Fsp3) is 0.0385. The Kier molecular flexibility index (Phi) is 10.5. The molecule has 0 aliphatic rings. The van der Waals surface area contributed by atoms with Gasteiger partial charge in [0.25, 0.3) is 0 Å². The zero-order valence-corrected chi connectivity index (χ0v) is 37.8. The number of aryl methyl sites for hydroxylation is 1. The van der Waals surface area contributed by atoms with E-state index in [0.29, 0.717) is 28.9 Å². The fourth-order valence-electron chi connectivity index (χ4n) is 8.34. The second-order valence-corrected chi connectivity index (χ2v) is 14.7. The van der Waals surface area contributed by atoms with Gasteiger partial charge in [-0.25, -0.2) is 19.9 Å². The molecule has 0 radical (unpaired) electrons. The molecule has 0 saturated carbocycles. The van der Waals surface area contributed by atoms with Gasteiger partial charge in [0.05, 0.1) is 0 Å². The molecule has 0 fully saturated rings.